The number of hydrogen-bond acceptors (Lipinski definition) is 4. The molecule has 0 bridgehead atoms. The molecule has 0 aliphatic heterocycles. The molecule has 0 aliphatic carbocycles. The SMILES string of the molecule is CC(C)CNc1cc(C(=O)NC(C)c2ccccc2)ncn1. The summed E-state index contributed by atoms with van der Waals surface area (Å²) in [4.78, 5) is 20.5. The molecule has 1 aromatic heterocycles. The first-order valence-corrected chi connectivity index (χ1v) is 7.48. The first kappa shape index (κ1) is 15.9. The normalized spacial score (nSPS) is 12.0. The lowest BCUT2D eigenvalue weighted by Gasteiger charge is -2.14. The topological polar surface area (TPSA) is 66.9 Å². The Balaban J connectivity index is 2.02. The molecule has 1 heterocycles. The van der Waals surface area contributed by atoms with Crippen molar-refractivity contribution in [3.05, 3.63) is 54.0 Å². The number of benzene rings is 1. The zero-order valence-electron chi connectivity index (χ0n) is 13.2. The lowest BCUT2D eigenvalue weighted by atomic mass is 10.1. The number of nitrogens with one attached hydrogen (secondary N) is 2. The highest BCUT2D eigenvalue weighted by Gasteiger charge is 2.13. The van der Waals surface area contributed by atoms with Crippen molar-refractivity contribution in [3.8, 4) is 0 Å². The van der Waals surface area contributed by atoms with Crippen molar-refractivity contribution in [2.45, 2.75) is 26.8 Å². The molecule has 0 saturated carbocycles. The molecule has 5 nitrogen and oxygen atoms in total. The van der Waals surface area contributed by atoms with Crippen LogP contribution in [-0.2, 0) is 0 Å². The van der Waals surface area contributed by atoms with Crippen LogP contribution in [0.1, 0.15) is 42.9 Å². The first-order chi connectivity index (χ1) is 10.6. The van der Waals surface area contributed by atoms with Gasteiger partial charge in [-0.1, -0.05) is 44.2 Å². The molecule has 0 aliphatic rings. The van der Waals surface area contributed by atoms with E-state index < -0.39 is 0 Å². The summed E-state index contributed by atoms with van der Waals surface area (Å²) in [5.74, 6) is 0.970. The van der Waals surface area contributed by atoms with Gasteiger partial charge in [-0.05, 0) is 18.4 Å². The summed E-state index contributed by atoms with van der Waals surface area (Å²) in [5, 5.41) is 6.14. The highest BCUT2D eigenvalue weighted by molar-refractivity contribution is 5.93. The van der Waals surface area contributed by atoms with Gasteiger partial charge in [-0.2, -0.15) is 0 Å². The smallest absolute Gasteiger partial charge is 0.270 e. The van der Waals surface area contributed by atoms with Crippen LogP contribution in [0.4, 0.5) is 5.82 Å². The van der Waals surface area contributed by atoms with E-state index >= 15 is 0 Å². The van der Waals surface area contributed by atoms with E-state index in [1.807, 2.05) is 37.3 Å². The van der Waals surface area contributed by atoms with Gasteiger partial charge in [0.15, 0.2) is 0 Å². The van der Waals surface area contributed by atoms with Gasteiger partial charge in [0.2, 0.25) is 0 Å². The molecule has 0 fully saturated rings. The zero-order valence-corrected chi connectivity index (χ0v) is 13.2. The molecule has 1 atom stereocenters. The van der Waals surface area contributed by atoms with Gasteiger partial charge in [-0.25, -0.2) is 9.97 Å². The number of carbonyl (C=O) groups is 1. The number of anilines is 1. The minimum Gasteiger partial charge on any atom is -0.370 e. The van der Waals surface area contributed by atoms with Crippen LogP contribution in [-0.4, -0.2) is 22.4 Å². The number of amides is 1. The van der Waals surface area contributed by atoms with Crippen molar-refractivity contribution in [3.63, 3.8) is 0 Å². The van der Waals surface area contributed by atoms with Crippen molar-refractivity contribution in [2.24, 2.45) is 5.92 Å². The zero-order chi connectivity index (χ0) is 15.9. The van der Waals surface area contributed by atoms with Crippen LogP contribution < -0.4 is 10.6 Å². The van der Waals surface area contributed by atoms with E-state index in [1.54, 1.807) is 6.07 Å². The van der Waals surface area contributed by atoms with Gasteiger partial charge in [0.1, 0.15) is 17.8 Å². The molecule has 5 heteroatoms. The summed E-state index contributed by atoms with van der Waals surface area (Å²) in [7, 11) is 0. The van der Waals surface area contributed by atoms with E-state index in [0.717, 1.165) is 12.1 Å². The van der Waals surface area contributed by atoms with E-state index in [0.29, 0.717) is 17.4 Å². The lowest BCUT2D eigenvalue weighted by molar-refractivity contribution is 0.0934. The molecule has 2 N–H and O–H groups in total. The Hall–Kier alpha value is -2.43. The minimum atomic E-state index is -0.202. The van der Waals surface area contributed by atoms with Crippen LogP contribution in [0.3, 0.4) is 0 Å². The van der Waals surface area contributed by atoms with Gasteiger partial charge in [0, 0.05) is 12.6 Å². The maximum absolute atomic E-state index is 12.3. The van der Waals surface area contributed by atoms with E-state index in [1.165, 1.54) is 6.33 Å². The number of hydrogen-bond donors (Lipinski definition) is 2. The second kappa shape index (κ2) is 7.54. The van der Waals surface area contributed by atoms with Gasteiger partial charge in [-0.3, -0.25) is 4.79 Å². The average Bonchev–Trinajstić information content (AvgIpc) is 2.54. The standard InChI is InChI=1S/C17H22N4O/c1-12(2)10-18-16-9-15(19-11-20-16)17(22)21-13(3)14-7-5-4-6-8-14/h4-9,11-13H,10H2,1-3H3,(H,21,22)(H,18,19,20). The Morgan fingerprint density at radius 3 is 2.55 bits per heavy atom. The second-order valence-electron chi connectivity index (χ2n) is 5.67. The third kappa shape index (κ3) is 4.55. The third-order valence-electron chi connectivity index (χ3n) is 3.24. The Morgan fingerprint density at radius 2 is 1.86 bits per heavy atom. The van der Waals surface area contributed by atoms with E-state index in [9.17, 15) is 4.79 Å². The summed E-state index contributed by atoms with van der Waals surface area (Å²) >= 11 is 0. The minimum absolute atomic E-state index is 0.0734. The molecular weight excluding hydrogens is 276 g/mol. The van der Waals surface area contributed by atoms with Crippen molar-refractivity contribution in [2.75, 3.05) is 11.9 Å². The maximum atomic E-state index is 12.3. The predicted octanol–water partition coefficient (Wildman–Crippen LogP) is 3.04. The summed E-state index contributed by atoms with van der Waals surface area (Å²) in [6.45, 7) is 6.98. The van der Waals surface area contributed by atoms with Crippen LogP contribution in [0.2, 0.25) is 0 Å². The molecule has 1 aromatic carbocycles. The average molecular weight is 298 g/mol. The van der Waals surface area contributed by atoms with Crippen LogP contribution in [0.25, 0.3) is 0 Å². The van der Waals surface area contributed by atoms with Gasteiger partial charge < -0.3 is 10.6 Å². The first-order valence-electron chi connectivity index (χ1n) is 7.48. The number of nitrogens with zero attached hydrogens (tertiary/aromatic N) is 2. The molecule has 22 heavy (non-hydrogen) atoms. The number of aromatic nitrogens is 2. The maximum Gasteiger partial charge on any atom is 0.270 e. The fourth-order valence-electron chi connectivity index (χ4n) is 1.98. The van der Waals surface area contributed by atoms with Gasteiger partial charge in [0.25, 0.3) is 5.91 Å². The molecule has 1 amide bonds. The fourth-order valence-corrected chi connectivity index (χ4v) is 1.98. The van der Waals surface area contributed by atoms with Gasteiger partial charge >= 0.3 is 0 Å². The Labute approximate surface area is 131 Å². The number of rotatable bonds is 6. The molecule has 116 valence electrons. The molecule has 0 spiro atoms. The Kier molecular flexibility index (Phi) is 5.47. The van der Waals surface area contributed by atoms with Crippen molar-refractivity contribution < 1.29 is 4.79 Å². The largest absolute Gasteiger partial charge is 0.370 e. The summed E-state index contributed by atoms with van der Waals surface area (Å²) in [6.07, 6.45) is 1.41. The van der Waals surface area contributed by atoms with Crippen LogP contribution in [0, 0.1) is 5.92 Å². The lowest BCUT2D eigenvalue weighted by Crippen LogP contribution is -2.27. The van der Waals surface area contributed by atoms with Crippen LogP contribution in [0.15, 0.2) is 42.7 Å². The van der Waals surface area contributed by atoms with Gasteiger partial charge in [-0.15, -0.1) is 0 Å². The van der Waals surface area contributed by atoms with E-state index in [4.69, 9.17) is 0 Å². The van der Waals surface area contributed by atoms with Crippen LogP contribution >= 0.6 is 0 Å². The molecule has 0 radical (unpaired) electrons. The third-order valence-corrected chi connectivity index (χ3v) is 3.24. The van der Waals surface area contributed by atoms with E-state index in [2.05, 4.69) is 34.4 Å². The molecule has 2 rings (SSSR count). The quantitative estimate of drug-likeness (QED) is 0.860. The predicted molar refractivity (Wildman–Crippen MR) is 87.7 cm³/mol. The number of carbonyl (C=O) groups excluding carboxylic acids is 1. The molecule has 0 saturated heterocycles. The van der Waals surface area contributed by atoms with Gasteiger partial charge in [0.05, 0.1) is 6.04 Å². The molecule has 2 aromatic rings. The highest BCUT2D eigenvalue weighted by atomic mass is 16.1. The second-order valence-corrected chi connectivity index (χ2v) is 5.67. The Morgan fingerprint density at radius 1 is 1.14 bits per heavy atom. The van der Waals surface area contributed by atoms with Crippen molar-refractivity contribution >= 4 is 11.7 Å². The molecule has 1 unspecified atom stereocenters. The van der Waals surface area contributed by atoms with Crippen LogP contribution in [0.5, 0.6) is 0 Å². The van der Waals surface area contributed by atoms with E-state index in [-0.39, 0.29) is 11.9 Å². The molecular formula is C17H22N4O. The fraction of sp³-hybridized carbons (Fsp3) is 0.353. The van der Waals surface area contributed by atoms with Crippen molar-refractivity contribution in [1.29, 1.82) is 0 Å². The summed E-state index contributed by atoms with van der Waals surface area (Å²) in [6, 6.07) is 11.4. The van der Waals surface area contributed by atoms with Crippen molar-refractivity contribution in [1.82, 2.24) is 15.3 Å². The summed E-state index contributed by atoms with van der Waals surface area (Å²) in [5.41, 5.74) is 1.42. The summed E-state index contributed by atoms with van der Waals surface area (Å²) < 4.78 is 0. The monoisotopic (exact) mass is 298 g/mol. The highest BCUT2D eigenvalue weighted by Crippen LogP contribution is 2.12. The Bertz CT molecular complexity index is 613.